The lowest BCUT2D eigenvalue weighted by molar-refractivity contribution is -0.120. The second-order valence-electron chi connectivity index (χ2n) is 6.29. The molecule has 0 saturated carbocycles. The molecule has 6 heteroatoms. The van der Waals surface area contributed by atoms with Crippen molar-refractivity contribution in [2.24, 2.45) is 0 Å². The van der Waals surface area contributed by atoms with Gasteiger partial charge in [0.05, 0.1) is 11.1 Å². The number of benzene rings is 1. The molecule has 0 aliphatic carbocycles. The van der Waals surface area contributed by atoms with E-state index < -0.39 is 0 Å². The summed E-state index contributed by atoms with van der Waals surface area (Å²) in [5, 5.41) is 6.75. The number of aromatic nitrogens is 1. The number of nitrogens with zero attached hydrogens (tertiary/aromatic N) is 2. The predicted octanol–water partition coefficient (Wildman–Crippen LogP) is 1.70. The van der Waals surface area contributed by atoms with E-state index in [1.807, 2.05) is 49.3 Å². The molecule has 0 spiro atoms. The molecule has 0 radical (unpaired) electrons. The van der Waals surface area contributed by atoms with Gasteiger partial charge in [0.25, 0.3) is 5.91 Å². The van der Waals surface area contributed by atoms with Crippen molar-refractivity contribution < 1.29 is 9.59 Å². The zero-order valence-electron chi connectivity index (χ0n) is 14.0. The quantitative estimate of drug-likeness (QED) is 0.900. The highest BCUT2D eigenvalue weighted by molar-refractivity contribution is 6.07. The molecule has 24 heavy (non-hydrogen) atoms. The molecule has 1 aliphatic rings. The van der Waals surface area contributed by atoms with Gasteiger partial charge in [-0.05, 0) is 25.0 Å². The lowest BCUT2D eigenvalue weighted by Crippen LogP contribution is -2.35. The Morgan fingerprint density at radius 3 is 2.88 bits per heavy atom. The molecule has 1 fully saturated rings. The van der Waals surface area contributed by atoms with Crippen LogP contribution >= 0.6 is 0 Å². The van der Waals surface area contributed by atoms with Crippen molar-refractivity contribution in [2.45, 2.75) is 25.3 Å². The van der Waals surface area contributed by atoms with Crippen molar-refractivity contribution in [2.75, 3.05) is 25.5 Å². The molecule has 1 atom stereocenters. The van der Waals surface area contributed by atoms with Crippen LogP contribution in [-0.4, -0.2) is 43.5 Å². The summed E-state index contributed by atoms with van der Waals surface area (Å²) in [7, 11) is 3.81. The van der Waals surface area contributed by atoms with Gasteiger partial charge in [0.2, 0.25) is 5.91 Å². The third kappa shape index (κ3) is 3.48. The summed E-state index contributed by atoms with van der Waals surface area (Å²) >= 11 is 0. The second kappa shape index (κ2) is 6.86. The smallest absolute Gasteiger partial charge is 0.252 e. The Kier molecular flexibility index (Phi) is 4.64. The summed E-state index contributed by atoms with van der Waals surface area (Å²) in [5.74, 6) is 0.684. The van der Waals surface area contributed by atoms with E-state index in [9.17, 15) is 9.59 Å². The van der Waals surface area contributed by atoms with Crippen molar-refractivity contribution in [1.82, 2.24) is 15.6 Å². The van der Waals surface area contributed by atoms with Crippen LogP contribution in [0.15, 0.2) is 30.3 Å². The Morgan fingerprint density at radius 1 is 1.29 bits per heavy atom. The molecule has 2 heterocycles. The Hall–Kier alpha value is -2.63. The van der Waals surface area contributed by atoms with Gasteiger partial charge in [-0.15, -0.1) is 0 Å². The predicted molar refractivity (Wildman–Crippen MR) is 94.2 cm³/mol. The third-order valence-electron chi connectivity index (χ3n) is 4.28. The van der Waals surface area contributed by atoms with E-state index in [2.05, 4.69) is 15.6 Å². The molecular formula is C18H22N4O2. The number of rotatable bonds is 3. The van der Waals surface area contributed by atoms with Crippen molar-refractivity contribution in [1.29, 1.82) is 0 Å². The van der Waals surface area contributed by atoms with Crippen molar-refractivity contribution in [3.05, 3.63) is 35.9 Å². The van der Waals surface area contributed by atoms with Crippen molar-refractivity contribution >= 4 is 28.5 Å². The van der Waals surface area contributed by atoms with Crippen LogP contribution in [0.5, 0.6) is 0 Å². The largest absolute Gasteiger partial charge is 0.363 e. The topological polar surface area (TPSA) is 74.3 Å². The van der Waals surface area contributed by atoms with Gasteiger partial charge in [0.15, 0.2) is 0 Å². The molecule has 0 unspecified atom stereocenters. The Morgan fingerprint density at radius 2 is 2.08 bits per heavy atom. The van der Waals surface area contributed by atoms with Crippen LogP contribution in [0.3, 0.4) is 0 Å². The van der Waals surface area contributed by atoms with E-state index in [0.717, 1.165) is 23.1 Å². The Bertz CT molecular complexity index is 773. The van der Waals surface area contributed by atoms with Gasteiger partial charge < -0.3 is 15.5 Å². The van der Waals surface area contributed by atoms with E-state index in [0.29, 0.717) is 24.9 Å². The van der Waals surface area contributed by atoms with Gasteiger partial charge in [-0.3, -0.25) is 9.59 Å². The van der Waals surface area contributed by atoms with Gasteiger partial charge in [-0.1, -0.05) is 18.2 Å². The van der Waals surface area contributed by atoms with Crippen LogP contribution < -0.4 is 15.5 Å². The molecule has 0 bridgehead atoms. The summed E-state index contributed by atoms with van der Waals surface area (Å²) in [5.41, 5.74) is 1.42. The number of anilines is 1. The van der Waals surface area contributed by atoms with E-state index >= 15 is 0 Å². The first kappa shape index (κ1) is 16.2. The molecule has 3 rings (SSSR count). The maximum atomic E-state index is 12.8. The SMILES string of the molecule is CN(C)c1cc(C(=O)N[C@@H]2CCNC(=O)CC2)c2ccccc2n1. The van der Waals surface area contributed by atoms with E-state index in [1.165, 1.54) is 0 Å². The molecule has 1 aliphatic heterocycles. The first-order valence-electron chi connectivity index (χ1n) is 8.19. The minimum absolute atomic E-state index is 0.00573. The molecule has 6 nitrogen and oxygen atoms in total. The van der Waals surface area contributed by atoms with Crippen LogP contribution in [-0.2, 0) is 4.79 Å². The lowest BCUT2D eigenvalue weighted by Gasteiger charge is -2.18. The highest BCUT2D eigenvalue weighted by Gasteiger charge is 2.20. The average molecular weight is 326 g/mol. The van der Waals surface area contributed by atoms with Crippen molar-refractivity contribution in [3.63, 3.8) is 0 Å². The minimum Gasteiger partial charge on any atom is -0.363 e. The molecular weight excluding hydrogens is 304 g/mol. The van der Waals surface area contributed by atoms with Crippen molar-refractivity contribution in [3.8, 4) is 0 Å². The van der Waals surface area contributed by atoms with E-state index in [-0.39, 0.29) is 17.9 Å². The number of hydrogen-bond donors (Lipinski definition) is 2. The minimum atomic E-state index is -0.115. The molecule has 1 saturated heterocycles. The summed E-state index contributed by atoms with van der Waals surface area (Å²) in [4.78, 5) is 30.7. The number of carbonyl (C=O) groups excluding carboxylic acids is 2. The van der Waals surface area contributed by atoms with Gasteiger partial charge in [-0.2, -0.15) is 0 Å². The van der Waals surface area contributed by atoms with Crippen LogP contribution in [0, 0.1) is 0 Å². The first-order valence-corrected chi connectivity index (χ1v) is 8.19. The zero-order valence-corrected chi connectivity index (χ0v) is 14.0. The molecule has 1 aromatic carbocycles. The molecule has 126 valence electrons. The second-order valence-corrected chi connectivity index (χ2v) is 6.29. The number of hydrogen-bond acceptors (Lipinski definition) is 4. The molecule has 2 amide bonds. The van der Waals surface area contributed by atoms with E-state index in [4.69, 9.17) is 0 Å². The zero-order chi connectivity index (χ0) is 17.1. The van der Waals surface area contributed by atoms with E-state index in [1.54, 1.807) is 0 Å². The standard InChI is InChI=1S/C18H22N4O2/c1-22(2)16-11-14(13-5-3-4-6-15(13)21-16)18(24)20-12-7-8-17(23)19-10-9-12/h3-6,11-12H,7-10H2,1-2H3,(H,19,23)(H,20,24)/t12-/m0/s1. The molecule has 1 aromatic heterocycles. The summed E-state index contributed by atoms with van der Waals surface area (Å²) in [6.45, 7) is 0.601. The number of nitrogens with one attached hydrogen (secondary N) is 2. The fraction of sp³-hybridized carbons (Fsp3) is 0.389. The highest BCUT2D eigenvalue weighted by atomic mass is 16.2. The van der Waals surface area contributed by atoms with Gasteiger partial charge in [0, 0.05) is 38.5 Å². The number of carbonyl (C=O) groups is 2. The highest BCUT2D eigenvalue weighted by Crippen LogP contribution is 2.22. The maximum Gasteiger partial charge on any atom is 0.252 e. The van der Waals surface area contributed by atoms with Gasteiger partial charge in [0.1, 0.15) is 5.82 Å². The summed E-state index contributed by atoms with van der Waals surface area (Å²) < 4.78 is 0. The van der Waals surface area contributed by atoms with Crippen LogP contribution in [0.1, 0.15) is 29.6 Å². The molecule has 2 N–H and O–H groups in total. The normalized spacial score (nSPS) is 17.9. The fourth-order valence-corrected chi connectivity index (χ4v) is 2.91. The summed E-state index contributed by atoms with van der Waals surface area (Å²) in [6.07, 6.45) is 1.87. The molecule has 2 aromatic rings. The van der Waals surface area contributed by atoms with Gasteiger partial charge >= 0.3 is 0 Å². The number of fused-ring (bicyclic) bond motifs is 1. The fourth-order valence-electron chi connectivity index (χ4n) is 2.91. The lowest BCUT2D eigenvalue weighted by atomic mass is 10.1. The monoisotopic (exact) mass is 326 g/mol. The third-order valence-corrected chi connectivity index (χ3v) is 4.28. The average Bonchev–Trinajstić information content (AvgIpc) is 2.78. The van der Waals surface area contributed by atoms with Crippen LogP contribution in [0.4, 0.5) is 5.82 Å². The van der Waals surface area contributed by atoms with Crippen LogP contribution in [0.25, 0.3) is 10.9 Å². The van der Waals surface area contributed by atoms with Crippen LogP contribution in [0.2, 0.25) is 0 Å². The van der Waals surface area contributed by atoms with Gasteiger partial charge in [-0.25, -0.2) is 4.98 Å². The first-order chi connectivity index (χ1) is 11.5. The Labute approximate surface area is 141 Å². The maximum absolute atomic E-state index is 12.8. The summed E-state index contributed by atoms with van der Waals surface area (Å²) in [6, 6.07) is 9.47. The number of amides is 2. The number of pyridine rings is 1. The number of para-hydroxylation sites is 1. The Balaban J connectivity index is 1.89.